The van der Waals surface area contributed by atoms with Gasteiger partial charge >= 0.3 is 6.03 Å². The molecule has 6 heteroatoms. The highest BCUT2D eigenvalue weighted by molar-refractivity contribution is 9.10. The first-order valence-corrected chi connectivity index (χ1v) is 5.04. The fourth-order valence-corrected chi connectivity index (χ4v) is 0.981. The van der Waals surface area contributed by atoms with E-state index in [1.54, 1.807) is 0 Å². The summed E-state index contributed by atoms with van der Waals surface area (Å²) in [5, 5.41) is 5.23. The molecule has 0 saturated heterocycles. The molecular weight excluding hydrogens is 248 g/mol. The van der Waals surface area contributed by atoms with Gasteiger partial charge in [-0.3, -0.25) is 5.32 Å². The summed E-state index contributed by atoms with van der Waals surface area (Å²) in [6.07, 6.45) is 3.91. The minimum absolute atomic E-state index is 0.261. The van der Waals surface area contributed by atoms with Crippen LogP contribution >= 0.6 is 15.9 Å². The third-order valence-corrected chi connectivity index (χ3v) is 1.81. The molecule has 76 valence electrons. The number of nitrogens with zero attached hydrogens (tertiary/aromatic N) is 2. The topological polar surface area (TPSA) is 66.9 Å². The quantitative estimate of drug-likeness (QED) is 0.869. The number of aromatic nitrogens is 2. The summed E-state index contributed by atoms with van der Waals surface area (Å²) < 4.78 is 0.636. The predicted molar refractivity (Wildman–Crippen MR) is 57.0 cm³/mol. The van der Waals surface area contributed by atoms with Crippen LogP contribution in [-0.4, -0.2) is 22.5 Å². The molecule has 1 heterocycles. The van der Waals surface area contributed by atoms with Gasteiger partial charge in [0.15, 0.2) is 5.82 Å². The predicted octanol–water partition coefficient (Wildman–Crippen LogP) is 1.77. The number of halogens is 1. The molecule has 1 aromatic heterocycles. The van der Waals surface area contributed by atoms with Gasteiger partial charge in [0.05, 0.1) is 12.4 Å². The van der Waals surface area contributed by atoms with Gasteiger partial charge < -0.3 is 5.32 Å². The Bertz CT molecular complexity index is 301. The molecule has 1 rings (SSSR count). The van der Waals surface area contributed by atoms with Crippen molar-refractivity contribution in [2.75, 3.05) is 11.9 Å². The van der Waals surface area contributed by atoms with Gasteiger partial charge in [-0.25, -0.2) is 14.8 Å². The van der Waals surface area contributed by atoms with E-state index in [9.17, 15) is 4.79 Å². The minimum Gasteiger partial charge on any atom is -0.338 e. The Morgan fingerprint density at radius 3 is 2.86 bits per heavy atom. The van der Waals surface area contributed by atoms with Gasteiger partial charge in [-0.1, -0.05) is 6.92 Å². The van der Waals surface area contributed by atoms with Crippen molar-refractivity contribution in [3.63, 3.8) is 0 Å². The Kier molecular flexibility index (Phi) is 4.31. The van der Waals surface area contributed by atoms with Crippen molar-refractivity contribution >= 4 is 27.8 Å². The molecular formula is C8H11BrN4O. The van der Waals surface area contributed by atoms with Crippen molar-refractivity contribution in [3.8, 4) is 0 Å². The SMILES string of the molecule is CCCNC(=O)Nc1cnc(Br)cn1. The van der Waals surface area contributed by atoms with Crippen LogP contribution in [0, 0.1) is 0 Å². The van der Waals surface area contributed by atoms with E-state index < -0.39 is 0 Å². The number of amides is 2. The van der Waals surface area contributed by atoms with Crippen molar-refractivity contribution < 1.29 is 4.79 Å². The maximum atomic E-state index is 11.2. The van der Waals surface area contributed by atoms with Crippen molar-refractivity contribution in [3.05, 3.63) is 17.0 Å². The molecule has 0 bridgehead atoms. The highest BCUT2D eigenvalue weighted by Gasteiger charge is 2.00. The third kappa shape index (κ3) is 3.69. The zero-order valence-corrected chi connectivity index (χ0v) is 9.34. The largest absolute Gasteiger partial charge is 0.338 e. The molecule has 0 atom stereocenters. The molecule has 14 heavy (non-hydrogen) atoms. The standard InChI is InChI=1S/C8H11BrN4O/c1-2-3-10-8(14)13-7-5-11-6(9)4-12-7/h4-5H,2-3H2,1H3,(H2,10,12,13,14). The number of nitrogens with one attached hydrogen (secondary N) is 2. The number of anilines is 1. The lowest BCUT2D eigenvalue weighted by atomic mass is 10.5. The Hall–Kier alpha value is -1.17. The molecule has 0 aliphatic carbocycles. The summed E-state index contributed by atoms with van der Waals surface area (Å²) in [5.41, 5.74) is 0. The Morgan fingerprint density at radius 2 is 2.29 bits per heavy atom. The van der Waals surface area contributed by atoms with Gasteiger partial charge in [-0.2, -0.15) is 0 Å². The number of carbonyl (C=O) groups excluding carboxylic acids is 1. The molecule has 2 N–H and O–H groups in total. The van der Waals surface area contributed by atoms with E-state index in [0.717, 1.165) is 6.42 Å². The van der Waals surface area contributed by atoms with Crippen molar-refractivity contribution in [2.45, 2.75) is 13.3 Å². The summed E-state index contributed by atoms with van der Waals surface area (Å²) in [6.45, 7) is 2.63. The normalized spacial score (nSPS) is 9.57. The van der Waals surface area contributed by atoms with E-state index in [1.807, 2.05) is 6.92 Å². The molecule has 0 saturated carbocycles. The fourth-order valence-electron chi connectivity index (χ4n) is 0.776. The van der Waals surface area contributed by atoms with E-state index in [1.165, 1.54) is 12.4 Å². The van der Waals surface area contributed by atoms with Crippen LogP contribution in [0.3, 0.4) is 0 Å². The van der Waals surface area contributed by atoms with Crippen LogP contribution in [-0.2, 0) is 0 Å². The lowest BCUT2D eigenvalue weighted by Gasteiger charge is -2.04. The summed E-state index contributed by atoms with van der Waals surface area (Å²) in [6, 6.07) is -0.261. The van der Waals surface area contributed by atoms with Crippen LogP contribution in [0.5, 0.6) is 0 Å². The number of hydrogen-bond donors (Lipinski definition) is 2. The van der Waals surface area contributed by atoms with Gasteiger partial charge in [0.25, 0.3) is 0 Å². The van der Waals surface area contributed by atoms with Crippen LogP contribution in [0.4, 0.5) is 10.6 Å². The summed E-state index contributed by atoms with van der Waals surface area (Å²) in [4.78, 5) is 19.0. The van der Waals surface area contributed by atoms with Crippen LogP contribution in [0.15, 0.2) is 17.0 Å². The van der Waals surface area contributed by atoms with E-state index in [0.29, 0.717) is 17.0 Å². The highest BCUT2D eigenvalue weighted by Crippen LogP contribution is 2.05. The maximum Gasteiger partial charge on any atom is 0.320 e. The van der Waals surface area contributed by atoms with Crippen LogP contribution < -0.4 is 10.6 Å². The van der Waals surface area contributed by atoms with Crippen LogP contribution in [0.1, 0.15) is 13.3 Å². The van der Waals surface area contributed by atoms with Gasteiger partial charge in [-0.05, 0) is 22.4 Å². The Labute approximate surface area is 90.5 Å². The minimum atomic E-state index is -0.261. The third-order valence-electron chi connectivity index (χ3n) is 1.40. The van der Waals surface area contributed by atoms with Gasteiger partial charge in [0.2, 0.25) is 0 Å². The number of rotatable bonds is 3. The van der Waals surface area contributed by atoms with Crippen molar-refractivity contribution in [1.82, 2.24) is 15.3 Å². The van der Waals surface area contributed by atoms with Crippen LogP contribution in [0.25, 0.3) is 0 Å². The second-order valence-electron chi connectivity index (χ2n) is 2.61. The molecule has 0 aliphatic heterocycles. The molecule has 0 radical (unpaired) electrons. The summed E-state index contributed by atoms with van der Waals surface area (Å²) in [7, 11) is 0. The van der Waals surface area contributed by atoms with Gasteiger partial charge in [0.1, 0.15) is 4.60 Å². The lowest BCUT2D eigenvalue weighted by Crippen LogP contribution is -2.29. The monoisotopic (exact) mass is 258 g/mol. The average Bonchev–Trinajstić information content (AvgIpc) is 2.18. The number of hydrogen-bond acceptors (Lipinski definition) is 3. The fraction of sp³-hybridized carbons (Fsp3) is 0.375. The highest BCUT2D eigenvalue weighted by atomic mass is 79.9. The van der Waals surface area contributed by atoms with E-state index in [2.05, 4.69) is 36.5 Å². The maximum absolute atomic E-state index is 11.2. The first-order valence-electron chi connectivity index (χ1n) is 4.24. The smallest absolute Gasteiger partial charge is 0.320 e. The Balaban J connectivity index is 2.44. The molecule has 0 fully saturated rings. The molecule has 2 amide bonds. The Morgan fingerprint density at radius 1 is 1.50 bits per heavy atom. The van der Waals surface area contributed by atoms with E-state index in [4.69, 9.17) is 0 Å². The molecule has 0 aliphatic rings. The lowest BCUT2D eigenvalue weighted by molar-refractivity contribution is 0.252. The molecule has 0 unspecified atom stereocenters. The average molecular weight is 259 g/mol. The molecule has 0 aromatic carbocycles. The first-order chi connectivity index (χ1) is 6.72. The summed E-state index contributed by atoms with van der Waals surface area (Å²) >= 11 is 3.15. The first kappa shape index (κ1) is 10.9. The van der Waals surface area contributed by atoms with Crippen LogP contribution in [0.2, 0.25) is 0 Å². The van der Waals surface area contributed by atoms with Crippen molar-refractivity contribution in [1.29, 1.82) is 0 Å². The number of urea groups is 1. The van der Waals surface area contributed by atoms with E-state index >= 15 is 0 Å². The second kappa shape index (κ2) is 5.54. The molecule has 0 spiro atoms. The van der Waals surface area contributed by atoms with Gasteiger partial charge in [0, 0.05) is 6.54 Å². The molecule has 1 aromatic rings. The van der Waals surface area contributed by atoms with Gasteiger partial charge in [-0.15, -0.1) is 0 Å². The zero-order valence-electron chi connectivity index (χ0n) is 7.75. The van der Waals surface area contributed by atoms with E-state index in [-0.39, 0.29) is 6.03 Å². The number of carbonyl (C=O) groups is 1. The second-order valence-corrected chi connectivity index (χ2v) is 3.42. The molecule has 5 nitrogen and oxygen atoms in total. The zero-order chi connectivity index (χ0) is 10.4. The van der Waals surface area contributed by atoms with Crippen molar-refractivity contribution in [2.24, 2.45) is 0 Å². The summed E-state index contributed by atoms with van der Waals surface area (Å²) in [5.74, 6) is 0.432.